The standard InChI is InChI=1S/C34H27FN6/c1-21-10-24(13-27(35)11-21)28-8-5-9-31-29(28)15-32(39-31)33-30-14-26(20-38-34(30)41-40-33)25-12-23(18-37-19-25)17-36-16-22-6-3-2-4-7-22/h2-15,18-20,36,39H,16-17H2,1H3,(H,38,40,41). The predicted molar refractivity (Wildman–Crippen MR) is 162 cm³/mol. The molecule has 0 saturated carbocycles. The van der Waals surface area contributed by atoms with Crippen LogP contribution in [-0.2, 0) is 13.1 Å². The van der Waals surface area contributed by atoms with E-state index in [1.807, 2.05) is 68.0 Å². The number of hydrogen-bond donors (Lipinski definition) is 3. The molecular formula is C34H27FN6. The van der Waals surface area contributed by atoms with Gasteiger partial charge < -0.3 is 10.3 Å². The number of fused-ring (bicyclic) bond motifs is 2. The summed E-state index contributed by atoms with van der Waals surface area (Å²) >= 11 is 0. The fourth-order valence-corrected chi connectivity index (χ4v) is 5.38. The van der Waals surface area contributed by atoms with Crippen LogP contribution in [0, 0.1) is 12.7 Å². The molecule has 0 amide bonds. The van der Waals surface area contributed by atoms with E-state index >= 15 is 0 Å². The van der Waals surface area contributed by atoms with Crippen LogP contribution in [0.2, 0.25) is 0 Å². The van der Waals surface area contributed by atoms with Crippen molar-refractivity contribution in [3.63, 3.8) is 0 Å². The topological polar surface area (TPSA) is 82.3 Å². The quantitative estimate of drug-likeness (QED) is 0.195. The lowest BCUT2D eigenvalue weighted by molar-refractivity contribution is 0.627. The first-order chi connectivity index (χ1) is 20.1. The Morgan fingerprint density at radius 2 is 1.61 bits per heavy atom. The van der Waals surface area contributed by atoms with E-state index in [-0.39, 0.29) is 5.82 Å². The molecule has 6 nitrogen and oxygen atoms in total. The predicted octanol–water partition coefficient (Wildman–Crippen LogP) is 7.57. The molecule has 7 aromatic rings. The van der Waals surface area contributed by atoms with Gasteiger partial charge in [-0.25, -0.2) is 9.37 Å². The zero-order valence-corrected chi connectivity index (χ0v) is 22.4. The van der Waals surface area contributed by atoms with Gasteiger partial charge >= 0.3 is 0 Å². The van der Waals surface area contributed by atoms with Crippen molar-refractivity contribution < 1.29 is 4.39 Å². The maximum atomic E-state index is 14.2. The molecule has 0 bridgehead atoms. The Hall–Kier alpha value is -5.14. The highest BCUT2D eigenvalue weighted by atomic mass is 19.1. The summed E-state index contributed by atoms with van der Waals surface area (Å²) in [6.45, 7) is 3.41. The molecule has 0 unspecified atom stereocenters. The minimum absolute atomic E-state index is 0.241. The second kappa shape index (κ2) is 10.4. The molecule has 0 aliphatic carbocycles. The second-order valence-electron chi connectivity index (χ2n) is 10.3. The third kappa shape index (κ3) is 4.99. The first-order valence-corrected chi connectivity index (χ1v) is 13.5. The maximum absolute atomic E-state index is 14.2. The Kier molecular flexibility index (Phi) is 6.34. The van der Waals surface area contributed by atoms with Crippen LogP contribution in [0.25, 0.3) is 55.6 Å². The second-order valence-corrected chi connectivity index (χ2v) is 10.3. The molecule has 3 N–H and O–H groups in total. The van der Waals surface area contributed by atoms with Crippen molar-refractivity contribution in [3.05, 3.63) is 126 Å². The highest BCUT2D eigenvalue weighted by molar-refractivity contribution is 6.01. The molecule has 0 spiro atoms. The van der Waals surface area contributed by atoms with Crippen molar-refractivity contribution in [3.8, 4) is 33.6 Å². The third-order valence-electron chi connectivity index (χ3n) is 7.32. The summed E-state index contributed by atoms with van der Waals surface area (Å²) in [5, 5.41) is 13.1. The lowest BCUT2D eigenvalue weighted by Gasteiger charge is -2.07. The number of halogens is 1. The molecule has 0 fully saturated rings. The van der Waals surface area contributed by atoms with E-state index in [1.165, 1.54) is 5.56 Å². The lowest BCUT2D eigenvalue weighted by Crippen LogP contribution is -2.12. The number of benzene rings is 3. The van der Waals surface area contributed by atoms with Gasteiger partial charge in [0.15, 0.2) is 5.65 Å². The number of pyridine rings is 2. The van der Waals surface area contributed by atoms with Gasteiger partial charge in [0.05, 0.1) is 5.69 Å². The van der Waals surface area contributed by atoms with Gasteiger partial charge in [-0.3, -0.25) is 10.1 Å². The molecule has 0 aliphatic heterocycles. The van der Waals surface area contributed by atoms with E-state index in [9.17, 15) is 4.39 Å². The van der Waals surface area contributed by atoms with Gasteiger partial charge in [0.25, 0.3) is 0 Å². The van der Waals surface area contributed by atoms with Crippen LogP contribution in [0.5, 0.6) is 0 Å². The summed E-state index contributed by atoms with van der Waals surface area (Å²) in [6, 6.07) is 27.8. The summed E-state index contributed by atoms with van der Waals surface area (Å²) in [7, 11) is 0. The molecule has 0 atom stereocenters. The lowest BCUT2D eigenvalue weighted by atomic mass is 9.99. The largest absolute Gasteiger partial charge is 0.353 e. The number of aromatic nitrogens is 5. The van der Waals surface area contributed by atoms with E-state index in [4.69, 9.17) is 0 Å². The van der Waals surface area contributed by atoms with Crippen LogP contribution in [0.1, 0.15) is 16.7 Å². The molecule has 41 heavy (non-hydrogen) atoms. The minimum atomic E-state index is -0.241. The number of H-pyrrole nitrogens is 2. The smallest absolute Gasteiger partial charge is 0.155 e. The fourth-order valence-electron chi connectivity index (χ4n) is 5.38. The average molecular weight is 539 g/mol. The van der Waals surface area contributed by atoms with Crippen LogP contribution < -0.4 is 5.32 Å². The summed E-state index contributed by atoms with van der Waals surface area (Å²) in [6.07, 6.45) is 5.59. The Morgan fingerprint density at radius 3 is 2.49 bits per heavy atom. The van der Waals surface area contributed by atoms with Gasteiger partial charge in [-0.05, 0) is 71.1 Å². The van der Waals surface area contributed by atoms with Crippen molar-refractivity contribution in [1.29, 1.82) is 0 Å². The molecule has 0 saturated heterocycles. The van der Waals surface area contributed by atoms with Gasteiger partial charge in [0.2, 0.25) is 0 Å². The van der Waals surface area contributed by atoms with E-state index in [1.54, 1.807) is 12.1 Å². The Morgan fingerprint density at radius 1 is 0.756 bits per heavy atom. The van der Waals surface area contributed by atoms with E-state index in [2.05, 4.69) is 60.8 Å². The summed E-state index contributed by atoms with van der Waals surface area (Å²) in [4.78, 5) is 12.7. The number of aromatic amines is 2. The van der Waals surface area contributed by atoms with Crippen molar-refractivity contribution in [2.24, 2.45) is 0 Å². The Labute approximate surface area is 236 Å². The number of hydrogen-bond acceptors (Lipinski definition) is 4. The van der Waals surface area contributed by atoms with Crippen LogP contribution >= 0.6 is 0 Å². The van der Waals surface area contributed by atoms with Gasteiger partial charge in [0, 0.05) is 59.1 Å². The SMILES string of the molecule is Cc1cc(F)cc(-c2cccc3[nH]c(-c4n[nH]c5ncc(-c6cncc(CNCc7ccccc7)c6)cc45)cc23)c1. The van der Waals surface area contributed by atoms with Crippen LogP contribution in [-0.4, -0.2) is 25.1 Å². The van der Waals surface area contributed by atoms with Crippen molar-refractivity contribution >= 4 is 21.9 Å². The molecule has 3 aromatic carbocycles. The zero-order valence-electron chi connectivity index (χ0n) is 22.4. The molecule has 4 aromatic heterocycles. The van der Waals surface area contributed by atoms with Gasteiger partial charge in [-0.1, -0.05) is 48.5 Å². The first-order valence-electron chi connectivity index (χ1n) is 13.5. The molecule has 200 valence electrons. The monoisotopic (exact) mass is 538 g/mol. The first kappa shape index (κ1) is 24.9. The highest BCUT2D eigenvalue weighted by Gasteiger charge is 2.15. The van der Waals surface area contributed by atoms with Crippen LogP contribution in [0.3, 0.4) is 0 Å². The normalized spacial score (nSPS) is 11.5. The van der Waals surface area contributed by atoms with Crippen molar-refractivity contribution in [1.82, 2.24) is 30.5 Å². The van der Waals surface area contributed by atoms with Crippen molar-refractivity contribution in [2.75, 3.05) is 0 Å². The number of aryl methyl sites for hydroxylation is 1. The van der Waals surface area contributed by atoms with E-state index in [0.717, 1.165) is 67.6 Å². The Balaban J connectivity index is 1.21. The molecule has 7 rings (SSSR count). The van der Waals surface area contributed by atoms with E-state index < -0.39 is 0 Å². The zero-order chi connectivity index (χ0) is 27.8. The fraction of sp³-hybridized carbons (Fsp3) is 0.0882. The molecule has 7 heteroatoms. The summed E-state index contributed by atoms with van der Waals surface area (Å²) in [5.74, 6) is -0.241. The molecular weight excluding hydrogens is 511 g/mol. The van der Waals surface area contributed by atoms with Crippen LogP contribution in [0.15, 0.2) is 104 Å². The van der Waals surface area contributed by atoms with Gasteiger partial charge in [-0.2, -0.15) is 5.10 Å². The van der Waals surface area contributed by atoms with Crippen molar-refractivity contribution in [2.45, 2.75) is 20.0 Å². The minimum Gasteiger partial charge on any atom is -0.353 e. The molecule has 0 radical (unpaired) electrons. The molecule has 4 heterocycles. The van der Waals surface area contributed by atoms with E-state index in [0.29, 0.717) is 12.2 Å². The molecule has 0 aliphatic rings. The highest BCUT2D eigenvalue weighted by Crippen LogP contribution is 2.35. The maximum Gasteiger partial charge on any atom is 0.155 e. The van der Waals surface area contributed by atoms with Gasteiger partial charge in [-0.15, -0.1) is 0 Å². The average Bonchev–Trinajstić information content (AvgIpc) is 3.61. The van der Waals surface area contributed by atoms with Crippen LogP contribution in [0.4, 0.5) is 4.39 Å². The number of rotatable bonds is 7. The van der Waals surface area contributed by atoms with Gasteiger partial charge in [0.1, 0.15) is 11.5 Å². The number of nitrogens with zero attached hydrogens (tertiary/aromatic N) is 3. The summed E-state index contributed by atoms with van der Waals surface area (Å²) in [5.41, 5.74) is 10.3. The number of nitrogens with one attached hydrogen (secondary N) is 3. The Bertz CT molecular complexity index is 1990. The third-order valence-corrected chi connectivity index (χ3v) is 7.32. The summed E-state index contributed by atoms with van der Waals surface area (Å²) < 4.78 is 14.2.